The third-order valence-corrected chi connectivity index (χ3v) is 3.33. The summed E-state index contributed by atoms with van der Waals surface area (Å²) in [5.41, 5.74) is 0.948. The van der Waals surface area contributed by atoms with Crippen molar-refractivity contribution in [1.82, 2.24) is 10.6 Å². The van der Waals surface area contributed by atoms with Gasteiger partial charge in [0.25, 0.3) is 0 Å². The number of benzene rings is 2. The Kier molecular flexibility index (Phi) is 6.02. The van der Waals surface area contributed by atoms with Crippen LogP contribution in [-0.2, 0) is 13.0 Å². The molecular weight excluding hydrogens is 303 g/mol. The highest BCUT2D eigenvalue weighted by Crippen LogP contribution is 2.12. The molecule has 2 rings (SSSR count). The second kappa shape index (κ2) is 8.22. The van der Waals surface area contributed by atoms with Crippen LogP contribution in [0.15, 0.2) is 47.5 Å². The highest BCUT2D eigenvalue weighted by atomic mass is 19.1. The van der Waals surface area contributed by atoms with Crippen LogP contribution >= 0.6 is 0 Å². The van der Waals surface area contributed by atoms with Crippen molar-refractivity contribution < 1.29 is 13.2 Å². The smallest absolute Gasteiger partial charge is 0.191 e. The Morgan fingerprint density at radius 2 is 1.61 bits per heavy atom. The average molecular weight is 321 g/mol. The SMILES string of the molecule is CN=C(NCCc1c(F)cccc1F)NCc1ccc(F)cc1. The Bertz CT molecular complexity index is 649. The molecule has 0 aliphatic carbocycles. The predicted octanol–water partition coefficient (Wildman–Crippen LogP) is 3.01. The number of guanidine groups is 1. The van der Waals surface area contributed by atoms with Gasteiger partial charge in [0, 0.05) is 25.7 Å². The van der Waals surface area contributed by atoms with E-state index in [-0.39, 0.29) is 17.8 Å². The monoisotopic (exact) mass is 321 g/mol. The van der Waals surface area contributed by atoms with Gasteiger partial charge in [0.2, 0.25) is 0 Å². The fourth-order valence-corrected chi connectivity index (χ4v) is 2.09. The minimum atomic E-state index is -0.555. The van der Waals surface area contributed by atoms with Gasteiger partial charge in [0.15, 0.2) is 5.96 Å². The van der Waals surface area contributed by atoms with Crippen molar-refractivity contribution in [3.8, 4) is 0 Å². The molecule has 0 saturated heterocycles. The topological polar surface area (TPSA) is 36.4 Å². The van der Waals surface area contributed by atoms with Gasteiger partial charge in [-0.1, -0.05) is 18.2 Å². The van der Waals surface area contributed by atoms with Gasteiger partial charge >= 0.3 is 0 Å². The first-order valence-corrected chi connectivity index (χ1v) is 7.22. The lowest BCUT2D eigenvalue weighted by Crippen LogP contribution is -2.38. The quantitative estimate of drug-likeness (QED) is 0.656. The van der Waals surface area contributed by atoms with Gasteiger partial charge in [0.1, 0.15) is 17.5 Å². The predicted molar refractivity (Wildman–Crippen MR) is 84.7 cm³/mol. The van der Waals surface area contributed by atoms with Crippen LogP contribution in [0, 0.1) is 17.5 Å². The summed E-state index contributed by atoms with van der Waals surface area (Å²) >= 11 is 0. The lowest BCUT2D eigenvalue weighted by molar-refractivity contribution is 0.553. The summed E-state index contributed by atoms with van der Waals surface area (Å²) < 4.78 is 39.9. The van der Waals surface area contributed by atoms with Crippen LogP contribution in [0.25, 0.3) is 0 Å². The fourth-order valence-electron chi connectivity index (χ4n) is 2.09. The molecule has 0 unspecified atom stereocenters. The largest absolute Gasteiger partial charge is 0.356 e. The number of hydrogen-bond acceptors (Lipinski definition) is 1. The molecule has 0 saturated carbocycles. The molecule has 0 bridgehead atoms. The maximum atomic E-state index is 13.5. The zero-order valence-corrected chi connectivity index (χ0v) is 12.7. The molecule has 0 atom stereocenters. The zero-order chi connectivity index (χ0) is 16.7. The van der Waals surface area contributed by atoms with E-state index in [1.165, 1.54) is 30.3 Å². The summed E-state index contributed by atoms with van der Waals surface area (Å²) in [5.74, 6) is -0.892. The standard InChI is InChI=1S/C17H18F3N3/c1-21-17(23-11-12-5-7-13(18)8-6-12)22-10-9-14-15(19)3-2-4-16(14)20/h2-8H,9-11H2,1H3,(H2,21,22,23). The van der Waals surface area contributed by atoms with E-state index in [1.807, 2.05) is 0 Å². The van der Waals surface area contributed by atoms with E-state index < -0.39 is 11.6 Å². The van der Waals surface area contributed by atoms with Crippen LogP contribution < -0.4 is 10.6 Å². The Hall–Kier alpha value is -2.50. The summed E-state index contributed by atoms with van der Waals surface area (Å²) in [6, 6.07) is 9.92. The molecule has 0 fully saturated rings. The highest BCUT2D eigenvalue weighted by molar-refractivity contribution is 5.79. The zero-order valence-electron chi connectivity index (χ0n) is 12.7. The van der Waals surface area contributed by atoms with Crippen molar-refractivity contribution in [1.29, 1.82) is 0 Å². The highest BCUT2D eigenvalue weighted by Gasteiger charge is 2.08. The normalized spacial score (nSPS) is 11.4. The maximum absolute atomic E-state index is 13.5. The molecule has 0 amide bonds. The summed E-state index contributed by atoms with van der Waals surface area (Å²) in [7, 11) is 1.60. The van der Waals surface area contributed by atoms with Crippen molar-refractivity contribution in [2.75, 3.05) is 13.6 Å². The number of nitrogens with one attached hydrogen (secondary N) is 2. The molecule has 0 aliphatic rings. The van der Waals surface area contributed by atoms with Crippen molar-refractivity contribution in [3.63, 3.8) is 0 Å². The van der Waals surface area contributed by atoms with E-state index in [0.29, 0.717) is 19.0 Å². The van der Waals surface area contributed by atoms with Gasteiger partial charge in [-0.15, -0.1) is 0 Å². The van der Waals surface area contributed by atoms with E-state index in [9.17, 15) is 13.2 Å². The Morgan fingerprint density at radius 3 is 2.22 bits per heavy atom. The number of aliphatic imine (C=N–C) groups is 1. The van der Waals surface area contributed by atoms with Crippen molar-refractivity contribution in [2.45, 2.75) is 13.0 Å². The number of hydrogen-bond donors (Lipinski definition) is 2. The Balaban J connectivity index is 1.82. The summed E-state index contributed by atoms with van der Waals surface area (Å²) in [4.78, 5) is 4.03. The molecule has 2 aromatic carbocycles. The minimum Gasteiger partial charge on any atom is -0.356 e. The van der Waals surface area contributed by atoms with Crippen LogP contribution in [0.5, 0.6) is 0 Å². The molecule has 2 N–H and O–H groups in total. The van der Waals surface area contributed by atoms with Crippen LogP contribution in [0.4, 0.5) is 13.2 Å². The minimum absolute atomic E-state index is 0.0500. The summed E-state index contributed by atoms with van der Waals surface area (Å²) in [6.45, 7) is 0.801. The fraction of sp³-hybridized carbons (Fsp3) is 0.235. The molecule has 6 heteroatoms. The van der Waals surface area contributed by atoms with Crippen molar-refractivity contribution in [2.24, 2.45) is 4.99 Å². The summed E-state index contributed by atoms with van der Waals surface area (Å²) in [6.07, 6.45) is 0.204. The van der Waals surface area contributed by atoms with Crippen LogP contribution in [-0.4, -0.2) is 19.6 Å². The van der Waals surface area contributed by atoms with E-state index >= 15 is 0 Å². The molecule has 0 aromatic heterocycles. The molecule has 0 radical (unpaired) electrons. The van der Waals surface area contributed by atoms with E-state index in [1.54, 1.807) is 19.2 Å². The first kappa shape index (κ1) is 16.9. The van der Waals surface area contributed by atoms with E-state index in [2.05, 4.69) is 15.6 Å². The van der Waals surface area contributed by atoms with Crippen molar-refractivity contribution >= 4 is 5.96 Å². The van der Waals surface area contributed by atoms with Gasteiger partial charge in [-0.05, 0) is 36.2 Å². The third kappa shape index (κ3) is 5.02. The second-order valence-electron chi connectivity index (χ2n) is 4.93. The number of halogens is 3. The van der Waals surface area contributed by atoms with E-state index in [0.717, 1.165) is 5.56 Å². The van der Waals surface area contributed by atoms with Crippen LogP contribution in [0.3, 0.4) is 0 Å². The van der Waals surface area contributed by atoms with Crippen LogP contribution in [0.2, 0.25) is 0 Å². The first-order chi connectivity index (χ1) is 11.1. The Labute approximate surface area is 133 Å². The van der Waals surface area contributed by atoms with E-state index in [4.69, 9.17) is 0 Å². The molecule has 0 aliphatic heterocycles. The lowest BCUT2D eigenvalue weighted by atomic mass is 10.1. The molecule has 2 aromatic rings. The average Bonchev–Trinajstić information content (AvgIpc) is 2.54. The molecule has 3 nitrogen and oxygen atoms in total. The van der Waals surface area contributed by atoms with Gasteiger partial charge in [-0.2, -0.15) is 0 Å². The van der Waals surface area contributed by atoms with Gasteiger partial charge in [-0.3, -0.25) is 4.99 Å². The number of nitrogens with zero attached hydrogens (tertiary/aromatic N) is 1. The Morgan fingerprint density at radius 1 is 0.957 bits per heavy atom. The first-order valence-electron chi connectivity index (χ1n) is 7.22. The number of rotatable bonds is 5. The second-order valence-corrected chi connectivity index (χ2v) is 4.93. The van der Waals surface area contributed by atoms with Gasteiger partial charge in [0.05, 0.1) is 0 Å². The van der Waals surface area contributed by atoms with Gasteiger partial charge in [-0.25, -0.2) is 13.2 Å². The van der Waals surface area contributed by atoms with Gasteiger partial charge < -0.3 is 10.6 Å². The lowest BCUT2D eigenvalue weighted by Gasteiger charge is -2.12. The molecule has 122 valence electrons. The molecule has 0 heterocycles. The van der Waals surface area contributed by atoms with Crippen molar-refractivity contribution in [3.05, 3.63) is 71.0 Å². The maximum Gasteiger partial charge on any atom is 0.191 e. The molecule has 23 heavy (non-hydrogen) atoms. The molecular formula is C17H18F3N3. The summed E-state index contributed by atoms with van der Waals surface area (Å²) in [5, 5.41) is 6.04. The molecule has 0 spiro atoms. The van der Waals surface area contributed by atoms with Crippen LogP contribution in [0.1, 0.15) is 11.1 Å². The third-order valence-electron chi connectivity index (χ3n) is 3.33.